The number of rotatable bonds is 15. The fourth-order valence-corrected chi connectivity index (χ4v) is 3.35. The summed E-state index contributed by atoms with van der Waals surface area (Å²) in [5.41, 5.74) is 5.97. The summed E-state index contributed by atoms with van der Waals surface area (Å²) in [6, 6.07) is 0. The second-order valence-electron chi connectivity index (χ2n) is 7.21. The Kier molecular flexibility index (Phi) is 12.8. The highest BCUT2D eigenvalue weighted by molar-refractivity contribution is 5.83. The van der Waals surface area contributed by atoms with Crippen LogP contribution in [-0.4, -0.2) is 30.0 Å². The summed E-state index contributed by atoms with van der Waals surface area (Å²) in [7, 11) is 0. The number of unbranched alkanes of at least 4 members (excludes halogenated alkanes) is 10. The van der Waals surface area contributed by atoms with Crippen LogP contribution in [0.25, 0.3) is 0 Å². The molecule has 0 radical (unpaired) electrons. The molecule has 0 bridgehead atoms. The first-order chi connectivity index (χ1) is 11.8. The molecule has 0 saturated carbocycles. The predicted molar refractivity (Wildman–Crippen MR) is 107 cm³/mol. The van der Waals surface area contributed by atoms with Crippen molar-refractivity contribution in [2.75, 3.05) is 13.1 Å². The molecule has 24 heavy (non-hydrogen) atoms. The minimum absolute atomic E-state index is 0.109. The Balaban J connectivity index is 1.87. The van der Waals surface area contributed by atoms with Crippen LogP contribution in [-0.2, 0) is 0 Å². The predicted octanol–water partition coefficient (Wildman–Crippen LogP) is 5.65. The maximum Gasteiger partial charge on any atom is 0.100 e. The topological polar surface area (TPSA) is 41.6 Å². The van der Waals surface area contributed by atoms with Crippen LogP contribution in [0.2, 0.25) is 0 Å². The molecule has 3 heteroatoms. The van der Waals surface area contributed by atoms with Crippen molar-refractivity contribution < 1.29 is 0 Å². The number of nitrogens with two attached hydrogens (primary N) is 1. The SMILES string of the molecule is CCCCCCCCCC/C=C/CCCCC1=NCCN1C(C)N. The minimum Gasteiger partial charge on any atom is -0.343 e. The van der Waals surface area contributed by atoms with Gasteiger partial charge in [-0.3, -0.25) is 4.99 Å². The summed E-state index contributed by atoms with van der Waals surface area (Å²) >= 11 is 0. The summed E-state index contributed by atoms with van der Waals surface area (Å²) in [5.74, 6) is 1.23. The zero-order valence-electron chi connectivity index (χ0n) is 16.3. The minimum atomic E-state index is 0.109. The molecular weight excluding hydrogens is 294 g/mol. The van der Waals surface area contributed by atoms with Gasteiger partial charge in [-0.2, -0.15) is 0 Å². The lowest BCUT2D eigenvalue weighted by Crippen LogP contribution is -2.41. The van der Waals surface area contributed by atoms with E-state index in [0.717, 1.165) is 19.5 Å². The lowest BCUT2D eigenvalue weighted by atomic mass is 10.1. The fourth-order valence-electron chi connectivity index (χ4n) is 3.35. The lowest BCUT2D eigenvalue weighted by molar-refractivity contribution is 0.359. The van der Waals surface area contributed by atoms with E-state index in [1.165, 1.54) is 82.9 Å². The van der Waals surface area contributed by atoms with E-state index < -0.39 is 0 Å². The van der Waals surface area contributed by atoms with Crippen LogP contribution in [0.3, 0.4) is 0 Å². The largest absolute Gasteiger partial charge is 0.343 e. The quantitative estimate of drug-likeness (QED) is 0.310. The summed E-state index contributed by atoms with van der Waals surface area (Å²) in [6.45, 7) is 6.26. The van der Waals surface area contributed by atoms with Crippen LogP contribution >= 0.6 is 0 Å². The van der Waals surface area contributed by atoms with Crippen LogP contribution in [0.1, 0.15) is 97.3 Å². The molecule has 0 aromatic rings. The van der Waals surface area contributed by atoms with E-state index in [2.05, 4.69) is 35.9 Å². The third-order valence-electron chi connectivity index (χ3n) is 4.87. The standard InChI is InChI=1S/C21H41N3/c1-3-4-5-6-7-8-9-10-11-12-13-14-15-16-17-21-23-18-19-24(21)20(2)22/h12-13,20H,3-11,14-19,22H2,1-2H3/b13-12+. The van der Waals surface area contributed by atoms with Gasteiger partial charge >= 0.3 is 0 Å². The van der Waals surface area contributed by atoms with E-state index >= 15 is 0 Å². The molecule has 2 N–H and O–H groups in total. The Labute approximate surface area is 150 Å². The van der Waals surface area contributed by atoms with Crippen molar-refractivity contribution in [3.8, 4) is 0 Å². The summed E-state index contributed by atoms with van der Waals surface area (Å²) in [4.78, 5) is 6.83. The molecule has 0 spiro atoms. The molecule has 140 valence electrons. The van der Waals surface area contributed by atoms with E-state index in [9.17, 15) is 0 Å². The van der Waals surface area contributed by atoms with Gasteiger partial charge in [-0.25, -0.2) is 0 Å². The number of amidine groups is 1. The van der Waals surface area contributed by atoms with E-state index in [0.29, 0.717) is 0 Å². The van der Waals surface area contributed by atoms with Crippen LogP contribution in [0.4, 0.5) is 0 Å². The Morgan fingerprint density at radius 1 is 0.958 bits per heavy atom. The van der Waals surface area contributed by atoms with Crippen molar-refractivity contribution in [3.63, 3.8) is 0 Å². The monoisotopic (exact) mass is 335 g/mol. The second kappa shape index (κ2) is 14.5. The Morgan fingerprint density at radius 3 is 2.17 bits per heavy atom. The van der Waals surface area contributed by atoms with Crippen molar-refractivity contribution in [2.45, 2.75) is 103 Å². The summed E-state index contributed by atoms with van der Waals surface area (Å²) in [5, 5.41) is 0. The van der Waals surface area contributed by atoms with Gasteiger partial charge in [0.15, 0.2) is 0 Å². The molecule has 1 atom stereocenters. The lowest BCUT2D eigenvalue weighted by Gasteiger charge is -2.24. The van der Waals surface area contributed by atoms with E-state index in [-0.39, 0.29) is 6.17 Å². The molecule has 0 saturated heterocycles. The van der Waals surface area contributed by atoms with E-state index in [1.807, 2.05) is 0 Å². The second-order valence-corrected chi connectivity index (χ2v) is 7.21. The number of nitrogens with zero attached hydrogens (tertiary/aromatic N) is 2. The maximum absolute atomic E-state index is 5.97. The number of hydrogen-bond donors (Lipinski definition) is 1. The fraction of sp³-hybridized carbons (Fsp3) is 0.857. The van der Waals surface area contributed by atoms with E-state index in [4.69, 9.17) is 5.73 Å². The molecule has 0 aliphatic carbocycles. The smallest absolute Gasteiger partial charge is 0.100 e. The first-order valence-corrected chi connectivity index (χ1v) is 10.5. The van der Waals surface area contributed by atoms with Crippen LogP contribution < -0.4 is 5.73 Å². The molecule has 1 aliphatic rings. The Morgan fingerprint density at radius 2 is 1.54 bits per heavy atom. The molecule has 3 nitrogen and oxygen atoms in total. The van der Waals surface area contributed by atoms with Crippen LogP contribution in [0.15, 0.2) is 17.1 Å². The maximum atomic E-state index is 5.97. The van der Waals surface area contributed by atoms with Gasteiger partial charge in [-0.1, -0.05) is 64.0 Å². The van der Waals surface area contributed by atoms with Gasteiger partial charge in [0.2, 0.25) is 0 Å². The van der Waals surface area contributed by atoms with Crippen molar-refractivity contribution in [1.82, 2.24) is 4.90 Å². The van der Waals surface area contributed by atoms with Gasteiger partial charge in [0.25, 0.3) is 0 Å². The first kappa shape index (κ1) is 21.2. The van der Waals surface area contributed by atoms with Crippen LogP contribution in [0.5, 0.6) is 0 Å². The molecule has 0 amide bonds. The molecular formula is C21H41N3. The van der Waals surface area contributed by atoms with Gasteiger partial charge < -0.3 is 10.6 Å². The van der Waals surface area contributed by atoms with Gasteiger partial charge in [-0.15, -0.1) is 0 Å². The van der Waals surface area contributed by atoms with Gasteiger partial charge in [0.1, 0.15) is 5.84 Å². The van der Waals surface area contributed by atoms with Crippen LogP contribution in [0, 0.1) is 0 Å². The Bertz CT molecular complexity index is 347. The molecule has 0 fully saturated rings. The van der Waals surface area contributed by atoms with Gasteiger partial charge in [0, 0.05) is 13.0 Å². The normalized spacial score (nSPS) is 16.1. The van der Waals surface area contributed by atoms with E-state index in [1.54, 1.807) is 0 Å². The molecule has 1 aliphatic heterocycles. The average Bonchev–Trinajstić information content (AvgIpc) is 3.04. The molecule has 1 unspecified atom stereocenters. The van der Waals surface area contributed by atoms with Gasteiger partial charge in [-0.05, 0) is 39.0 Å². The van der Waals surface area contributed by atoms with Crippen molar-refractivity contribution in [3.05, 3.63) is 12.2 Å². The highest BCUT2D eigenvalue weighted by Crippen LogP contribution is 2.12. The van der Waals surface area contributed by atoms with Crippen molar-refractivity contribution in [1.29, 1.82) is 0 Å². The average molecular weight is 336 g/mol. The third kappa shape index (κ3) is 10.1. The molecule has 1 rings (SSSR count). The highest BCUT2D eigenvalue weighted by Gasteiger charge is 2.18. The molecule has 0 aromatic carbocycles. The Hall–Kier alpha value is -0.830. The number of allylic oxidation sites excluding steroid dienone is 2. The zero-order valence-corrected chi connectivity index (χ0v) is 16.3. The number of aliphatic imine (C=N–C) groups is 1. The molecule has 0 aromatic heterocycles. The van der Waals surface area contributed by atoms with Crippen molar-refractivity contribution >= 4 is 5.84 Å². The summed E-state index contributed by atoms with van der Waals surface area (Å²) < 4.78 is 0. The first-order valence-electron chi connectivity index (χ1n) is 10.5. The van der Waals surface area contributed by atoms with Gasteiger partial charge in [0.05, 0.1) is 12.7 Å². The summed E-state index contributed by atoms with van der Waals surface area (Å²) in [6.07, 6.45) is 22.2. The highest BCUT2D eigenvalue weighted by atomic mass is 15.3. The van der Waals surface area contributed by atoms with Crippen molar-refractivity contribution in [2.24, 2.45) is 10.7 Å². The molecule has 1 heterocycles. The third-order valence-corrected chi connectivity index (χ3v) is 4.87. The number of hydrogen-bond acceptors (Lipinski definition) is 3. The zero-order chi connectivity index (χ0) is 17.5.